The molecule has 4 N–H and O–H groups in total. The Morgan fingerprint density at radius 1 is 1.00 bits per heavy atom. The average molecular weight is 446 g/mol. The summed E-state index contributed by atoms with van der Waals surface area (Å²) in [7, 11) is 2.36. The number of benzene rings is 2. The van der Waals surface area contributed by atoms with Gasteiger partial charge in [-0.25, -0.2) is 9.59 Å². The molecule has 0 saturated heterocycles. The number of allylic oxidation sites excluding steroid dienone is 1. The molecule has 1 aliphatic rings. The summed E-state index contributed by atoms with van der Waals surface area (Å²) >= 11 is 0. The summed E-state index contributed by atoms with van der Waals surface area (Å²) in [6.07, 6.45) is 0.0260. The number of nitriles is 1. The molecule has 0 fully saturated rings. The van der Waals surface area contributed by atoms with Crippen LogP contribution in [0.15, 0.2) is 77.3 Å². The van der Waals surface area contributed by atoms with E-state index in [0.29, 0.717) is 16.8 Å². The number of methoxy groups -OCH3 is 2. The van der Waals surface area contributed by atoms with Crippen molar-refractivity contribution in [2.24, 2.45) is 11.5 Å². The third-order valence-electron chi connectivity index (χ3n) is 5.18. The molecule has 2 aromatic rings. The highest BCUT2D eigenvalue weighted by molar-refractivity contribution is 6.06. The van der Waals surface area contributed by atoms with Gasteiger partial charge in [-0.3, -0.25) is 9.69 Å². The van der Waals surface area contributed by atoms with E-state index < -0.39 is 23.8 Å². The van der Waals surface area contributed by atoms with Crippen molar-refractivity contribution in [3.8, 4) is 6.07 Å². The number of primary amides is 1. The van der Waals surface area contributed by atoms with Crippen molar-refractivity contribution in [2.75, 3.05) is 19.1 Å². The van der Waals surface area contributed by atoms with Gasteiger partial charge in [-0.2, -0.15) is 5.26 Å². The highest BCUT2D eigenvalue weighted by Gasteiger charge is 2.42. The van der Waals surface area contributed by atoms with Crippen LogP contribution >= 0.6 is 0 Å². The predicted molar refractivity (Wildman–Crippen MR) is 119 cm³/mol. The van der Waals surface area contributed by atoms with E-state index in [1.54, 1.807) is 54.6 Å². The Morgan fingerprint density at radius 3 is 2.12 bits per heavy atom. The van der Waals surface area contributed by atoms with Crippen LogP contribution in [0, 0.1) is 11.3 Å². The monoisotopic (exact) mass is 446 g/mol. The molecule has 3 rings (SSSR count). The molecule has 1 atom stereocenters. The number of ether oxygens (including phenoxy) is 2. The van der Waals surface area contributed by atoms with Crippen LogP contribution in [0.1, 0.15) is 17.0 Å². The van der Waals surface area contributed by atoms with E-state index in [1.165, 1.54) is 19.1 Å². The SMILES string of the molecule is COC(=O)C1=C(C(=O)OC)N(c2ccc(CC(N)=O)cc2)C(N)=C(C#N)C1c1ccccc1. The van der Waals surface area contributed by atoms with Crippen LogP contribution in [0.2, 0.25) is 0 Å². The van der Waals surface area contributed by atoms with Gasteiger partial charge in [0.05, 0.1) is 43.8 Å². The maximum atomic E-state index is 13.0. The van der Waals surface area contributed by atoms with Gasteiger partial charge in [0.25, 0.3) is 0 Å². The summed E-state index contributed by atoms with van der Waals surface area (Å²) in [6.45, 7) is 0. The molecule has 33 heavy (non-hydrogen) atoms. The standard InChI is InChI=1S/C24H22N4O5/c1-32-23(30)20-19(15-6-4-3-5-7-15)17(13-25)22(27)28(21(20)24(31)33-2)16-10-8-14(9-11-16)12-18(26)29/h3-11,19H,12,27H2,1-2H3,(H2,26,29). The lowest BCUT2D eigenvalue weighted by Crippen LogP contribution is -2.40. The van der Waals surface area contributed by atoms with E-state index in [2.05, 4.69) is 6.07 Å². The van der Waals surface area contributed by atoms with Crippen molar-refractivity contribution in [3.05, 3.63) is 88.4 Å². The summed E-state index contributed by atoms with van der Waals surface area (Å²) in [5.74, 6) is -3.12. The zero-order valence-corrected chi connectivity index (χ0v) is 18.1. The van der Waals surface area contributed by atoms with Gasteiger partial charge >= 0.3 is 11.9 Å². The summed E-state index contributed by atoms with van der Waals surface area (Å²) in [4.78, 5) is 38.4. The Labute approximate surface area is 190 Å². The Morgan fingerprint density at radius 2 is 1.61 bits per heavy atom. The van der Waals surface area contributed by atoms with Gasteiger partial charge < -0.3 is 20.9 Å². The molecule has 1 heterocycles. The molecule has 1 unspecified atom stereocenters. The van der Waals surface area contributed by atoms with Gasteiger partial charge in [-0.1, -0.05) is 42.5 Å². The van der Waals surface area contributed by atoms with Crippen LogP contribution in [0.5, 0.6) is 0 Å². The fraction of sp³-hybridized carbons (Fsp3) is 0.167. The largest absolute Gasteiger partial charge is 0.466 e. The first-order chi connectivity index (χ1) is 15.8. The molecule has 1 amide bonds. The first-order valence-electron chi connectivity index (χ1n) is 9.86. The average Bonchev–Trinajstić information content (AvgIpc) is 2.83. The molecule has 9 nitrogen and oxygen atoms in total. The number of amides is 1. The molecule has 0 saturated carbocycles. The van der Waals surface area contributed by atoms with Gasteiger partial charge in [0.2, 0.25) is 5.91 Å². The van der Waals surface area contributed by atoms with Gasteiger partial charge in [0.15, 0.2) is 0 Å². The molecule has 0 radical (unpaired) electrons. The Kier molecular flexibility index (Phi) is 6.79. The summed E-state index contributed by atoms with van der Waals surface area (Å²) in [5, 5.41) is 10.00. The van der Waals surface area contributed by atoms with E-state index >= 15 is 0 Å². The molecule has 2 aromatic carbocycles. The van der Waals surface area contributed by atoms with Crippen molar-refractivity contribution in [3.63, 3.8) is 0 Å². The van der Waals surface area contributed by atoms with Crippen molar-refractivity contribution in [1.82, 2.24) is 0 Å². The van der Waals surface area contributed by atoms with Crippen LogP contribution in [0.25, 0.3) is 0 Å². The highest BCUT2D eigenvalue weighted by atomic mass is 16.5. The van der Waals surface area contributed by atoms with Crippen molar-refractivity contribution in [2.45, 2.75) is 12.3 Å². The van der Waals surface area contributed by atoms with Gasteiger partial charge in [0.1, 0.15) is 11.5 Å². The first kappa shape index (κ1) is 23.1. The van der Waals surface area contributed by atoms with Crippen LogP contribution < -0.4 is 16.4 Å². The Bertz CT molecular complexity index is 1190. The zero-order chi connectivity index (χ0) is 24.1. The minimum Gasteiger partial charge on any atom is -0.466 e. The highest BCUT2D eigenvalue weighted by Crippen LogP contribution is 2.43. The zero-order valence-electron chi connectivity index (χ0n) is 18.1. The third kappa shape index (κ3) is 4.41. The van der Waals surface area contributed by atoms with Crippen LogP contribution in [-0.2, 0) is 30.3 Å². The first-order valence-corrected chi connectivity index (χ1v) is 9.86. The second kappa shape index (κ2) is 9.70. The lowest BCUT2D eigenvalue weighted by molar-refractivity contribution is -0.139. The molecule has 0 spiro atoms. The fourth-order valence-corrected chi connectivity index (χ4v) is 3.75. The maximum Gasteiger partial charge on any atom is 0.355 e. The maximum absolute atomic E-state index is 13.0. The number of anilines is 1. The van der Waals surface area contributed by atoms with Gasteiger partial charge in [0, 0.05) is 5.69 Å². The van der Waals surface area contributed by atoms with Crippen molar-refractivity contribution >= 4 is 23.5 Å². The molecule has 0 bridgehead atoms. The third-order valence-corrected chi connectivity index (χ3v) is 5.18. The second-order valence-corrected chi connectivity index (χ2v) is 7.14. The van der Waals surface area contributed by atoms with Gasteiger partial charge in [-0.05, 0) is 23.3 Å². The molecule has 9 heteroatoms. The van der Waals surface area contributed by atoms with E-state index in [-0.39, 0.29) is 29.1 Å². The van der Waals surface area contributed by atoms with E-state index in [1.807, 2.05) is 0 Å². The lowest BCUT2D eigenvalue weighted by Gasteiger charge is -2.35. The van der Waals surface area contributed by atoms with Crippen LogP contribution in [0.3, 0.4) is 0 Å². The normalized spacial score (nSPS) is 15.7. The van der Waals surface area contributed by atoms with E-state index in [9.17, 15) is 19.6 Å². The number of carbonyl (C=O) groups excluding carboxylic acids is 3. The van der Waals surface area contributed by atoms with Crippen molar-refractivity contribution < 1.29 is 23.9 Å². The number of rotatable bonds is 6. The number of esters is 2. The Balaban J connectivity index is 2.31. The lowest BCUT2D eigenvalue weighted by atomic mass is 9.81. The number of hydrogen-bond acceptors (Lipinski definition) is 8. The minimum absolute atomic E-state index is 0.0260. The quantitative estimate of drug-likeness (QED) is 0.636. The topological polar surface area (TPSA) is 149 Å². The second-order valence-electron chi connectivity index (χ2n) is 7.14. The van der Waals surface area contributed by atoms with Crippen LogP contribution in [-0.4, -0.2) is 32.1 Å². The van der Waals surface area contributed by atoms with E-state index in [0.717, 1.165) is 0 Å². The van der Waals surface area contributed by atoms with Crippen molar-refractivity contribution in [1.29, 1.82) is 5.26 Å². The molecule has 168 valence electrons. The molecular formula is C24H22N4O5. The molecular weight excluding hydrogens is 424 g/mol. The number of nitrogens with zero attached hydrogens (tertiary/aromatic N) is 2. The molecule has 1 aliphatic heterocycles. The van der Waals surface area contributed by atoms with Gasteiger partial charge in [-0.15, -0.1) is 0 Å². The number of nitrogens with two attached hydrogens (primary N) is 2. The molecule has 0 aromatic heterocycles. The number of hydrogen-bond donors (Lipinski definition) is 2. The predicted octanol–water partition coefficient (Wildman–Crippen LogP) is 1.61. The summed E-state index contributed by atoms with van der Waals surface area (Å²) in [5.41, 5.74) is 13.1. The fourth-order valence-electron chi connectivity index (χ4n) is 3.75. The minimum atomic E-state index is -0.942. The Hall–Kier alpha value is -4.58. The summed E-state index contributed by atoms with van der Waals surface area (Å²) in [6, 6.07) is 17.3. The summed E-state index contributed by atoms with van der Waals surface area (Å²) < 4.78 is 9.96. The van der Waals surface area contributed by atoms with E-state index in [4.69, 9.17) is 20.9 Å². The van der Waals surface area contributed by atoms with Crippen LogP contribution in [0.4, 0.5) is 5.69 Å². The number of carbonyl (C=O) groups is 3. The smallest absolute Gasteiger partial charge is 0.355 e. The molecule has 0 aliphatic carbocycles.